The largest absolute Gasteiger partial charge is 0.474 e. The van der Waals surface area contributed by atoms with Crippen molar-refractivity contribution < 1.29 is 23.5 Å². The predicted octanol–water partition coefficient (Wildman–Crippen LogP) is 4.82. The first-order valence-corrected chi connectivity index (χ1v) is 19.4. The van der Waals surface area contributed by atoms with Crippen molar-refractivity contribution in [2.24, 2.45) is 0 Å². The van der Waals surface area contributed by atoms with E-state index < -0.39 is 0 Å². The second-order valence-electron chi connectivity index (χ2n) is 15.2. The molecule has 0 radical (unpaired) electrons. The zero-order chi connectivity index (χ0) is 37.5. The molecule has 0 saturated carbocycles. The average Bonchev–Trinajstić information content (AvgIpc) is 3.18. The number of likely N-dealkylation sites (tertiary alicyclic amines) is 1. The van der Waals surface area contributed by atoms with Crippen LogP contribution in [0.15, 0.2) is 54.9 Å². The summed E-state index contributed by atoms with van der Waals surface area (Å²) in [6.07, 6.45) is 7.44. The molecule has 0 aliphatic carbocycles. The highest BCUT2D eigenvalue weighted by molar-refractivity contribution is 6.01. The quantitative estimate of drug-likeness (QED) is 0.203. The van der Waals surface area contributed by atoms with Gasteiger partial charge >= 0.3 is 0 Å². The molecule has 3 saturated heterocycles. The average molecular weight is 748 g/mol. The Morgan fingerprint density at radius 1 is 0.982 bits per heavy atom. The zero-order valence-electron chi connectivity index (χ0n) is 31.0. The number of piperidine rings is 2. The lowest BCUT2D eigenvalue weighted by atomic mass is 9.90. The number of imide groups is 1. The molecular weight excluding hydrogens is 702 g/mol. The van der Waals surface area contributed by atoms with Gasteiger partial charge in [-0.1, -0.05) is 18.2 Å². The normalized spacial score (nSPS) is 20.5. The van der Waals surface area contributed by atoms with Gasteiger partial charge in [0.2, 0.25) is 23.6 Å². The van der Waals surface area contributed by atoms with Crippen LogP contribution in [0.5, 0.6) is 5.88 Å². The maximum Gasteiger partial charge on any atom is 0.237 e. The van der Waals surface area contributed by atoms with Crippen LogP contribution < -0.4 is 30.5 Å². The molecule has 5 aliphatic heterocycles. The Hall–Kier alpha value is -5.34. The van der Waals surface area contributed by atoms with Crippen LogP contribution in [0.1, 0.15) is 59.5 Å². The Morgan fingerprint density at radius 3 is 2.62 bits per heavy atom. The van der Waals surface area contributed by atoms with Gasteiger partial charge in [0, 0.05) is 80.4 Å². The van der Waals surface area contributed by atoms with E-state index in [9.17, 15) is 9.59 Å². The van der Waals surface area contributed by atoms with Gasteiger partial charge in [-0.2, -0.15) is 0 Å². The number of ether oxygens (including phenoxy) is 2. The first kappa shape index (κ1) is 35.4. The van der Waals surface area contributed by atoms with Crippen molar-refractivity contribution in [2.45, 2.75) is 70.2 Å². The summed E-state index contributed by atoms with van der Waals surface area (Å²) in [6.45, 7) is 8.99. The highest BCUT2D eigenvalue weighted by Crippen LogP contribution is 2.36. The number of pyridine rings is 1. The van der Waals surface area contributed by atoms with E-state index >= 15 is 4.39 Å². The van der Waals surface area contributed by atoms with Gasteiger partial charge in [0.1, 0.15) is 18.1 Å². The minimum atomic E-state index is -0.320. The number of benzene rings is 2. The van der Waals surface area contributed by atoms with E-state index in [1.807, 2.05) is 30.6 Å². The fourth-order valence-corrected chi connectivity index (χ4v) is 8.41. The highest BCUT2D eigenvalue weighted by atomic mass is 19.1. The molecule has 2 aromatic heterocycles. The summed E-state index contributed by atoms with van der Waals surface area (Å²) in [5.74, 6) is 0.111. The molecule has 13 nitrogen and oxygen atoms in total. The molecule has 14 heteroatoms. The number of anilines is 5. The fraction of sp³-hybridized carbons (Fsp3) is 0.439. The number of hydrogen-bond acceptors (Lipinski definition) is 12. The molecule has 2 amide bonds. The minimum absolute atomic E-state index is 0.0957. The summed E-state index contributed by atoms with van der Waals surface area (Å²) in [7, 11) is 0. The van der Waals surface area contributed by atoms with Gasteiger partial charge in [0.15, 0.2) is 0 Å². The number of carbonyl (C=O) groups is 2. The van der Waals surface area contributed by atoms with Crippen molar-refractivity contribution in [3.63, 3.8) is 0 Å². The maximum atomic E-state index is 15.3. The summed E-state index contributed by atoms with van der Waals surface area (Å²) in [4.78, 5) is 44.8. The molecule has 3 fully saturated rings. The molecular formula is C41H46FN9O4. The third-order valence-electron chi connectivity index (χ3n) is 11.7. The van der Waals surface area contributed by atoms with Gasteiger partial charge in [-0.3, -0.25) is 19.8 Å². The molecule has 1 unspecified atom stereocenters. The fourth-order valence-electron chi connectivity index (χ4n) is 8.41. The van der Waals surface area contributed by atoms with Crippen LogP contribution in [0, 0.1) is 12.7 Å². The standard InChI is InChI=1S/C41H46FN9O4/c1-25-36(20-44-40-38(25)43-13-17-54-40)50-14-10-27-19-45-41(47-35(27)23-50)46-29-5-2-28(34(42)18-29)24-55-32-11-15-49(16-12-32)31-21-51(22-31)30-6-3-26(4-7-30)33-8-9-37(52)48-39(33)53/h2-7,18-20,31-33,43H,8-17,21-24H2,1H3,(H,45,46,47)(H,48,52,53). The van der Waals surface area contributed by atoms with Crippen molar-refractivity contribution in [1.29, 1.82) is 0 Å². The van der Waals surface area contributed by atoms with Gasteiger partial charge in [-0.05, 0) is 68.0 Å². The first-order chi connectivity index (χ1) is 26.8. The van der Waals surface area contributed by atoms with E-state index in [2.05, 4.69) is 59.7 Å². The van der Waals surface area contributed by atoms with Crippen LogP contribution in [-0.4, -0.2) is 89.7 Å². The number of amides is 2. The van der Waals surface area contributed by atoms with Crippen LogP contribution in [0.3, 0.4) is 0 Å². The number of aromatic nitrogens is 3. The summed E-state index contributed by atoms with van der Waals surface area (Å²) in [6, 6.07) is 13.8. The second kappa shape index (κ2) is 15.1. The van der Waals surface area contributed by atoms with Gasteiger partial charge in [0.05, 0.1) is 42.8 Å². The number of carbonyl (C=O) groups excluding carboxylic acids is 2. The number of nitrogens with one attached hydrogen (secondary N) is 3. The SMILES string of the molecule is Cc1c(N2CCc3cnc(Nc4ccc(COC5CCN(C6CN(c7ccc(C8CCC(=O)NC8=O)cc7)C6)CC5)c(F)c4)nc3C2)cnc2c1NCCO2. The smallest absolute Gasteiger partial charge is 0.237 e. The number of nitrogens with zero attached hydrogens (tertiary/aromatic N) is 6. The molecule has 0 bridgehead atoms. The van der Waals surface area contributed by atoms with Gasteiger partial charge < -0.3 is 29.9 Å². The van der Waals surface area contributed by atoms with E-state index in [1.54, 1.807) is 6.07 Å². The number of rotatable bonds is 9. The molecule has 1 atom stereocenters. The van der Waals surface area contributed by atoms with E-state index in [0.29, 0.717) is 55.1 Å². The molecule has 55 heavy (non-hydrogen) atoms. The lowest BCUT2D eigenvalue weighted by Crippen LogP contribution is -2.61. The monoisotopic (exact) mass is 747 g/mol. The van der Waals surface area contributed by atoms with Crippen LogP contribution >= 0.6 is 0 Å². The predicted molar refractivity (Wildman–Crippen MR) is 206 cm³/mol. The summed E-state index contributed by atoms with van der Waals surface area (Å²) in [5.41, 5.74) is 8.40. The van der Waals surface area contributed by atoms with Crippen LogP contribution in [0.25, 0.3) is 0 Å². The molecule has 7 heterocycles. The molecule has 2 aromatic carbocycles. The van der Waals surface area contributed by atoms with Crippen molar-refractivity contribution in [1.82, 2.24) is 25.2 Å². The van der Waals surface area contributed by atoms with Gasteiger partial charge in [0.25, 0.3) is 0 Å². The highest BCUT2D eigenvalue weighted by Gasteiger charge is 2.35. The Morgan fingerprint density at radius 2 is 1.82 bits per heavy atom. The van der Waals surface area contributed by atoms with E-state index in [0.717, 1.165) is 98.0 Å². The van der Waals surface area contributed by atoms with Crippen molar-refractivity contribution in [2.75, 3.05) is 66.3 Å². The number of fused-ring (bicyclic) bond motifs is 2. The van der Waals surface area contributed by atoms with E-state index in [4.69, 9.17) is 14.5 Å². The Bertz CT molecular complexity index is 2090. The van der Waals surface area contributed by atoms with Crippen LogP contribution in [0.2, 0.25) is 0 Å². The Balaban J connectivity index is 0.731. The van der Waals surface area contributed by atoms with Crippen LogP contribution in [0.4, 0.5) is 33.1 Å². The topological polar surface area (TPSA) is 137 Å². The molecule has 9 rings (SSSR count). The van der Waals surface area contributed by atoms with E-state index in [-0.39, 0.29) is 36.3 Å². The summed E-state index contributed by atoms with van der Waals surface area (Å²) in [5, 5.41) is 9.07. The van der Waals surface area contributed by atoms with Gasteiger partial charge in [-0.25, -0.2) is 19.3 Å². The van der Waals surface area contributed by atoms with E-state index in [1.165, 1.54) is 6.07 Å². The van der Waals surface area contributed by atoms with Crippen molar-refractivity contribution >= 4 is 40.5 Å². The van der Waals surface area contributed by atoms with Crippen LogP contribution in [-0.2, 0) is 33.9 Å². The van der Waals surface area contributed by atoms with Crippen molar-refractivity contribution in [3.05, 3.63) is 88.6 Å². The lowest BCUT2D eigenvalue weighted by Gasteiger charge is -2.48. The molecule has 286 valence electrons. The molecule has 3 N–H and O–H groups in total. The second-order valence-corrected chi connectivity index (χ2v) is 15.2. The van der Waals surface area contributed by atoms with Crippen molar-refractivity contribution in [3.8, 4) is 5.88 Å². The minimum Gasteiger partial charge on any atom is -0.474 e. The summed E-state index contributed by atoms with van der Waals surface area (Å²) >= 11 is 0. The Labute approximate surface area is 319 Å². The lowest BCUT2D eigenvalue weighted by molar-refractivity contribution is -0.134. The summed E-state index contributed by atoms with van der Waals surface area (Å²) < 4.78 is 27.2. The molecule has 0 spiro atoms. The first-order valence-electron chi connectivity index (χ1n) is 19.4. The number of halogens is 1. The van der Waals surface area contributed by atoms with Gasteiger partial charge in [-0.15, -0.1) is 0 Å². The molecule has 5 aliphatic rings. The Kier molecular flexibility index (Phi) is 9.69. The molecule has 4 aromatic rings. The third kappa shape index (κ3) is 7.40. The zero-order valence-corrected chi connectivity index (χ0v) is 31.0. The third-order valence-corrected chi connectivity index (χ3v) is 11.7. The maximum absolute atomic E-state index is 15.3. The number of hydrogen-bond donors (Lipinski definition) is 3.